The van der Waals surface area contributed by atoms with E-state index in [1.165, 1.54) is 12.8 Å². The van der Waals surface area contributed by atoms with Crippen LogP contribution in [0.15, 0.2) is 0 Å². The number of halogens is 1. The predicted octanol–water partition coefficient (Wildman–Crippen LogP) is 1.43. The summed E-state index contributed by atoms with van der Waals surface area (Å²) in [6.45, 7) is 2.26. The van der Waals surface area contributed by atoms with E-state index >= 15 is 0 Å². The van der Waals surface area contributed by atoms with Crippen LogP contribution in [-0.2, 0) is 0 Å². The molecular weight excluding hydrogens is 146 g/mol. The van der Waals surface area contributed by atoms with E-state index in [1.54, 1.807) is 0 Å². The number of hydrogen-bond donors (Lipinski definition) is 1. The second-order valence-corrected chi connectivity index (χ2v) is 2.54. The van der Waals surface area contributed by atoms with E-state index in [2.05, 4.69) is 11.2 Å². The highest BCUT2D eigenvalue weighted by Gasteiger charge is 2.06. The smallest absolute Gasteiger partial charge is 0.0212 e. The van der Waals surface area contributed by atoms with Crippen molar-refractivity contribution in [2.24, 2.45) is 5.92 Å². The van der Waals surface area contributed by atoms with Crippen molar-refractivity contribution in [2.45, 2.75) is 19.3 Å². The van der Waals surface area contributed by atoms with Crippen molar-refractivity contribution in [1.82, 2.24) is 5.32 Å². The molecule has 2 heteroatoms. The fraction of sp³-hybridized carbons (Fsp3) is 0.750. The summed E-state index contributed by atoms with van der Waals surface area (Å²) in [7, 11) is 0. The summed E-state index contributed by atoms with van der Waals surface area (Å²) in [5.41, 5.74) is 0. The van der Waals surface area contributed by atoms with Gasteiger partial charge in [0, 0.05) is 5.92 Å². The molecule has 1 nitrogen and oxygen atoms in total. The normalized spacial score (nSPS) is 25.7. The van der Waals surface area contributed by atoms with Gasteiger partial charge in [0.2, 0.25) is 0 Å². The third kappa shape index (κ3) is 3.10. The summed E-state index contributed by atoms with van der Waals surface area (Å²) in [5, 5.41) is 3.32. The Hall–Kier alpha value is -0.190. The molecule has 1 N–H and O–H groups in total. The molecule has 0 aromatic carbocycles. The van der Waals surface area contributed by atoms with E-state index in [-0.39, 0.29) is 12.4 Å². The number of terminal acetylenes is 1. The van der Waals surface area contributed by atoms with Gasteiger partial charge >= 0.3 is 0 Å². The van der Waals surface area contributed by atoms with E-state index < -0.39 is 0 Å². The Labute approximate surface area is 69.0 Å². The monoisotopic (exact) mass is 159 g/mol. The van der Waals surface area contributed by atoms with E-state index in [0.29, 0.717) is 5.92 Å². The molecule has 10 heavy (non-hydrogen) atoms. The molecule has 1 fully saturated rings. The fourth-order valence-electron chi connectivity index (χ4n) is 1.19. The Balaban J connectivity index is 0.000000810. The lowest BCUT2D eigenvalue weighted by Crippen LogP contribution is -2.13. The first kappa shape index (κ1) is 9.81. The van der Waals surface area contributed by atoms with Crippen molar-refractivity contribution in [1.29, 1.82) is 0 Å². The Bertz CT molecular complexity index is 109. The molecule has 0 bridgehead atoms. The summed E-state index contributed by atoms with van der Waals surface area (Å²) >= 11 is 0. The number of rotatable bonds is 0. The first-order valence-electron chi connectivity index (χ1n) is 3.60. The molecule has 1 aliphatic rings. The molecule has 0 saturated carbocycles. The average molecular weight is 160 g/mol. The third-order valence-corrected chi connectivity index (χ3v) is 1.81. The maximum Gasteiger partial charge on any atom is 0.0212 e. The van der Waals surface area contributed by atoms with Crippen LogP contribution in [0.2, 0.25) is 0 Å². The molecule has 0 aromatic heterocycles. The van der Waals surface area contributed by atoms with Gasteiger partial charge in [0.25, 0.3) is 0 Å². The van der Waals surface area contributed by atoms with Crippen LogP contribution in [0.5, 0.6) is 0 Å². The van der Waals surface area contributed by atoms with Crippen LogP contribution in [-0.4, -0.2) is 13.1 Å². The zero-order valence-corrected chi connectivity index (χ0v) is 6.91. The average Bonchev–Trinajstić information content (AvgIpc) is 2.13. The molecule has 58 valence electrons. The molecule has 0 amide bonds. The fourth-order valence-corrected chi connectivity index (χ4v) is 1.19. The highest BCUT2D eigenvalue weighted by Crippen LogP contribution is 2.10. The largest absolute Gasteiger partial charge is 0.317 e. The SMILES string of the molecule is C#CC1CCCNCC1.Cl. The van der Waals surface area contributed by atoms with Gasteiger partial charge in [0.1, 0.15) is 0 Å². The Morgan fingerprint density at radius 2 is 2.10 bits per heavy atom. The van der Waals surface area contributed by atoms with E-state index in [9.17, 15) is 0 Å². The minimum Gasteiger partial charge on any atom is -0.317 e. The minimum atomic E-state index is 0. The zero-order chi connectivity index (χ0) is 6.53. The Morgan fingerprint density at radius 1 is 1.30 bits per heavy atom. The molecule has 1 atom stereocenters. The topological polar surface area (TPSA) is 12.0 Å². The van der Waals surface area contributed by atoms with E-state index in [0.717, 1.165) is 19.5 Å². The summed E-state index contributed by atoms with van der Waals surface area (Å²) in [6, 6.07) is 0. The standard InChI is InChI=1S/C8H13N.ClH/c1-2-8-4-3-6-9-7-5-8;/h1,8-9H,3-7H2;1H. The van der Waals surface area contributed by atoms with Crippen molar-refractivity contribution in [3.63, 3.8) is 0 Å². The van der Waals surface area contributed by atoms with Gasteiger partial charge in [-0.1, -0.05) is 0 Å². The van der Waals surface area contributed by atoms with Crippen molar-refractivity contribution in [3.8, 4) is 12.3 Å². The van der Waals surface area contributed by atoms with Gasteiger partial charge in [0.05, 0.1) is 0 Å². The lowest BCUT2D eigenvalue weighted by atomic mass is 10.0. The second-order valence-electron chi connectivity index (χ2n) is 2.54. The maximum absolute atomic E-state index is 5.29. The summed E-state index contributed by atoms with van der Waals surface area (Å²) in [4.78, 5) is 0. The molecule has 1 aliphatic heterocycles. The van der Waals surface area contributed by atoms with Crippen LogP contribution in [0.4, 0.5) is 0 Å². The molecule has 1 heterocycles. The van der Waals surface area contributed by atoms with Gasteiger partial charge in [-0.05, 0) is 32.4 Å². The van der Waals surface area contributed by atoms with Gasteiger partial charge in [-0.2, -0.15) is 0 Å². The molecule has 0 spiro atoms. The molecular formula is C8H14ClN. The minimum absolute atomic E-state index is 0. The van der Waals surface area contributed by atoms with Crippen molar-refractivity contribution < 1.29 is 0 Å². The third-order valence-electron chi connectivity index (χ3n) is 1.81. The van der Waals surface area contributed by atoms with Gasteiger partial charge in [-0.3, -0.25) is 0 Å². The molecule has 0 aliphatic carbocycles. The lowest BCUT2D eigenvalue weighted by molar-refractivity contribution is 0.595. The first-order chi connectivity index (χ1) is 4.43. The van der Waals surface area contributed by atoms with Crippen LogP contribution < -0.4 is 5.32 Å². The summed E-state index contributed by atoms with van der Waals surface area (Å²) in [6.07, 6.45) is 8.91. The molecule has 0 radical (unpaired) electrons. The van der Waals surface area contributed by atoms with Gasteiger partial charge < -0.3 is 5.32 Å². The lowest BCUT2D eigenvalue weighted by Gasteiger charge is -2.01. The maximum atomic E-state index is 5.29. The highest BCUT2D eigenvalue weighted by molar-refractivity contribution is 5.85. The van der Waals surface area contributed by atoms with Gasteiger partial charge in [-0.15, -0.1) is 24.8 Å². The van der Waals surface area contributed by atoms with E-state index in [4.69, 9.17) is 6.42 Å². The van der Waals surface area contributed by atoms with Crippen molar-refractivity contribution in [3.05, 3.63) is 0 Å². The molecule has 1 rings (SSSR count). The van der Waals surface area contributed by atoms with Gasteiger partial charge in [0.15, 0.2) is 0 Å². The Morgan fingerprint density at radius 3 is 2.80 bits per heavy atom. The van der Waals surface area contributed by atoms with Gasteiger partial charge in [-0.25, -0.2) is 0 Å². The van der Waals surface area contributed by atoms with Crippen molar-refractivity contribution >= 4 is 12.4 Å². The first-order valence-corrected chi connectivity index (χ1v) is 3.60. The molecule has 0 aromatic rings. The summed E-state index contributed by atoms with van der Waals surface area (Å²) < 4.78 is 0. The number of hydrogen-bond acceptors (Lipinski definition) is 1. The van der Waals surface area contributed by atoms with Crippen LogP contribution in [0.1, 0.15) is 19.3 Å². The molecule has 1 unspecified atom stereocenters. The Kier molecular flexibility index (Phi) is 5.48. The second kappa shape index (κ2) is 5.58. The van der Waals surface area contributed by atoms with Crippen LogP contribution >= 0.6 is 12.4 Å². The van der Waals surface area contributed by atoms with Crippen molar-refractivity contribution in [2.75, 3.05) is 13.1 Å². The van der Waals surface area contributed by atoms with Crippen LogP contribution in [0.3, 0.4) is 0 Å². The van der Waals surface area contributed by atoms with Crippen LogP contribution in [0.25, 0.3) is 0 Å². The predicted molar refractivity (Wildman–Crippen MR) is 46.3 cm³/mol. The highest BCUT2D eigenvalue weighted by atomic mass is 35.5. The quantitative estimate of drug-likeness (QED) is 0.528. The summed E-state index contributed by atoms with van der Waals surface area (Å²) in [5.74, 6) is 3.35. The molecule has 1 saturated heterocycles. The zero-order valence-electron chi connectivity index (χ0n) is 6.10. The number of nitrogens with one attached hydrogen (secondary N) is 1. The van der Waals surface area contributed by atoms with E-state index in [1.807, 2.05) is 0 Å². The van der Waals surface area contributed by atoms with Crippen LogP contribution in [0, 0.1) is 18.3 Å².